The molecule has 2 aromatic carbocycles. The molecule has 0 aliphatic carbocycles. The first kappa shape index (κ1) is 64.4. The third-order valence-corrected chi connectivity index (χ3v) is 35.7. The van der Waals surface area contributed by atoms with Crippen molar-refractivity contribution in [3.63, 3.8) is 0 Å². The van der Waals surface area contributed by atoms with E-state index in [0.29, 0.717) is 5.52 Å². The van der Waals surface area contributed by atoms with Gasteiger partial charge in [-0.25, -0.2) is 17.5 Å². The summed E-state index contributed by atoms with van der Waals surface area (Å²) in [6.45, 7) is 24.1. The number of halogens is 6. The average molecular weight is 1240 g/mol. The number of hydrogen-bond donors (Lipinski definition) is 0. The summed E-state index contributed by atoms with van der Waals surface area (Å²) < 4.78 is 71.5. The Morgan fingerprint density at radius 1 is 0.725 bits per heavy atom. The molecule has 4 heterocycles. The maximum absolute atomic E-state index is 12.8. The molecule has 3 nitrogen and oxygen atoms in total. The maximum atomic E-state index is 12.8. The minimum absolute atomic E-state index is 0. The van der Waals surface area contributed by atoms with Crippen LogP contribution < -0.4 is 7.63 Å². The molecule has 0 saturated carbocycles. The normalized spacial score (nSPS) is 15.0. The molecule has 69 heavy (non-hydrogen) atoms. The van der Waals surface area contributed by atoms with Crippen molar-refractivity contribution >= 4 is 119 Å². The smallest absolute Gasteiger partial charge is 1.00 e. The van der Waals surface area contributed by atoms with Gasteiger partial charge in [0, 0.05) is 23.0 Å². The number of aryl methyl sites for hydroxylation is 1. The Morgan fingerprint density at radius 2 is 1.28 bits per heavy atom. The number of aromatic nitrogens is 2. The van der Waals surface area contributed by atoms with Gasteiger partial charge >= 0.3 is 322 Å². The number of ether oxygens (including phenoxy) is 1. The van der Waals surface area contributed by atoms with Gasteiger partial charge in [-0.1, -0.05) is 36.3 Å². The number of benzene rings is 2. The van der Waals surface area contributed by atoms with Crippen LogP contribution in [-0.4, -0.2) is 47.4 Å². The van der Waals surface area contributed by atoms with Gasteiger partial charge in [-0.15, -0.1) is 24.3 Å². The number of fused-ring (bicyclic) bond motifs is 4. The molecule has 0 radical (unpaired) electrons. The van der Waals surface area contributed by atoms with E-state index in [0.717, 1.165) is 47.5 Å². The van der Waals surface area contributed by atoms with Crippen LogP contribution >= 0.6 is 66.3 Å². The van der Waals surface area contributed by atoms with E-state index in [9.17, 15) is 17.6 Å². The first-order valence-corrected chi connectivity index (χ1v) is 36.5. The van der Waals surface area contributed by atoms with Gasteiger partial charge in [-0.05, 0) is 9.99 Å². The number of rotatable bonds is 24. The summed E-state index contributed by atoms with van der Waals surface area (Å²) in [6.07, 6.45) is 21.4. The molecule has 1 aliphatic rings. The second kappa shape index (κ2) is 31.9. The fourth-order valence-electron chi connectivity index (χ4n) is 9.13. The van der Waals surface area contributed by atoms with E-state index in [-0.39, 0.29) is 43.2 Å². The van der Waals surface area contributed by atoms with Crippen molar-refractivity contribution < 1.29 is 25.2 Å². The number of nitrogens with zero attached hydrogens (tertiary/aromatic N) is 2. The van der Waals surface area contributed by atoms with Crippen LogP contribution in [0.4, 0.5) is 17.6 Å². The van der Waals surface area contributed by atoms with Gasteiger partial charge in [0.1, 0.15) is 0 Å². The Morgan fingerprint density at radius 3 is 1.77 bits per heavy atom. The van der Waals surface area contributed by atoms with E-state index in [2.05, 4.69) is 145 Å². The number of hydrogen-bond acceptors (Lipinski definition) is 6. The summed E-state index contributed by atoms with van der Waals surface area (Å²) in [5.74, 6) is 1.25. The summed E-state index contributed by atoms with van der Waals surface area (Å²) in [6, 6.07) is 11.4. The molecular formula is C54H78Be2Br2F4N2OS3Sn. The second-order valence-corrected chi connectivity index (χ2v) is 38.7. The van der Waals surface area contributed by atoms with Crippen LogP contribution in [0.5, 0.6) is 5.75 Å². The monoisotopic (exact) mass is 1240 g/mol. The van der Waals surface area contributed by atoms with Gasteiger partial charge in [-0.2, -0.15) is 0 Å². The minimum Gasteiger partial charge on any atom is -1.00 e. The summed E-state index contributed by atoms with van der Waals surface area (Å²) in [5.41, 5.74) is 2.00. The molecule has 378 valence electrons. The van der Waals surface area contributed by atoms with Crippen molar-refractivity contribution in [2.45, 2.75) is 191 Å². The van der Waals surface area contributed by atoms with E-state index in [1.54, 1.807) is 23.8 Å². The van der Waals surface area contributed by atoms with Crippen LogP contribution in [0.3, 0.4) is 0 Å². The van der Waals surface area contributed by atoms with Crippen LogP contribution in [0.15, 0.2) is 33.2 Å². The fraction of sp³-hybridized carbons (Fsp3) is 0.630. The Balaban J connectivity index is 0.00000160. The summed E-state index contributed by atoms with van der Waals surface area (Å²) >= 11 is 8.27. The Hall–Kier alpha value is -0.724. The van der Waals surface area contributed by atoms with Crippen LogP contribution in [-0.2, 0) is 5.60 Å². The third kappa shape index (κ3) is 19.2. The quantitative estimate of drug-likeness (QED) is 0.0203. The van der Waals surface area contributed by atoms with Crippen molar-refractivity contribution in [2.24, 2.45) is 23.7 Å². The molecule has 2 atom stereocenters. The molecule has 0 spiro atoms. The Labute approximate surface area is 457 Å². The van der Waals surface area contributed by atoms with Crippen molar-refractivity contribution in [1.82, 2.24) is 8.75 Å². The van der Waals surface area contributed by atoms with Gasteiger partial charge in [0.15, 0.2) is 0 Å². The molecular weight excluding hydrogens is 1160 g/mol. The Bertz CT molecular complexity index is 2220. The molecule has 2 unspecified atom stereocenters. The predicted molar refractivity (Wildman–Crippen MR) is 304 cm³/mol. The van der Waals surface area contributed by atoms with Crippen molar-refractivity contribution in [1.29, 1.82) is 0 Å². The zero-order chi connectivity index (χ0) is 49.3. The molecule has 5 aromatic rings. The number of unbranched alkanes of at least 4 members (excludes halogenated alkanes) is 3. The SMILES string of the molecule is CCC[CH2][Sn]([CH2]CCC)([CH2]CCC)[c]1cc2c(s1)-c1sc(C)cc1OC2(CCC(C)CCCC(C)C)CCC(C)CCCC(C)C.Fc1[c-]c2nsnc2c(Br)c1F.Fc1[c-]cc(F)c(Br)c1.[Be+2].[Be+2].[H-].[H-]. The molecule has 0 bridgehead atoms. The van der Waals surface area contributed by atoms with Gasteiger partial charge < -0.3 is 2.85 Å². The molecule has 0 amide bonds. The van der Waals surface area contributed by atoms with E-state index in [1.807, 2.05) is 14.2 Å². The summed E-state index contributed by atoms with van der Waals surface area (Å²) in [4.78, 5) is 4.49. The van der Waals surface area contributed by atoms with Crippen LogP contribution in [0.2, 0.25) is 13.3 Å². The zero-order valence-electron chi connectivity index (χ0n) is 45.3. The number of thiophene rings is 2. The second-order valence-electron chi connectivity index (χ2n) is 20.0. The van der Waals surface area contributed by atoms with Gasteiger partial charge in [-0.3, -0.25) is 8.78 Å². The van der Waals surface area contributed by atoms with E-state index >= 15 is 0 Å². The fourth-order valence-corrected chi connectivity index (χ4v) is 32.0. The first-order valence-electron chi connectivity index (χ1n) is 25.0. The van der Waals surface area contributed by atoms with E-state index < -0.39 is 41.6 Å². The van der Waals surface area contributed by atoms with Crippen molar-refractivity contribution in [2.75, 3.05) is 0 Å². The van der Waals surface area contributed by atoms with Crippen LogP contribution in [0.1, 0.15) is 178 Å². The predicted octanol–water partition coefficient (Wildman–Crippen LogP) is 19.4. The molecule has 1 aliphatic heterocycles. The molecule has 6 rings (SSSR count). The third-order valence-electron chi connectivity index (χ3n) is 13.3. The summed E-state index contributed by atoms with van der Waals surface area (Å²) in [7, 11) is 0. The van der Waals surface area contributed by atoms with E-state index in [1.165, 1.54) is 118 Å². The van der Waals surface area contributed by atoms with Crippen molar-refractivity contribution in [3.05, 3.63) is 79.1 Å². The van der Waals surface area contributed by atoms with Gasteiger partial charge in [0.25, 0.3) is 0 Å². The Kier molecular flexibility index (Phi) is 29.8. The van der Waals surface area contributed by atoms with Gasteiger partial charge in [0.05, 0.1) is 17.5 Å². The van der Waals surface area contributed by atoms with E-state index in [4.69, 9.17) is 4.74 Å². The minimum atomic E-state index is -2.59. The van der Waals surface area contributed by atoms with Gasteiger partial charge in [0.2, 0.25) is 0 Å². The molecule has 0 saturated heterocycles. The molecule has 3 aromatic heterocycles. The topological polar surface area (TPSA) is 35.0 Å². The summed E-state index contributed by atoms with van der Waals surface area (Å²) in [5, 5.41) is 0. The average Bonchev–Trinajstić information content (AvgIpc) is 4.05. The molecule has 0 N–H and O–H groups in total. The molecule has 15 heteroatoms. The van der Waals surface area contributed by atoms with Crippen LogP contribution in [0, 0.1) is 66.0 Å². The molecule has 0 fully saturated rings. The van der Waals surface area contributed by atoms with Crippen molar-refractivity contribution in [3.8, 4) is 15.5 Å². The standard InChI is InChI=1S/C30H47OS2.C6BrF2N2S.C6H2BrF2.3C4H9.2Be.Sn.2H/c1-21(2)10-8-12-23(5)14-17-30(18-15-24(6)13-9-11-22(3)4)26-16-19-32-28(26)29-27(31-30)20-25(7)33-29;7-4-5(9)2(8)1-3-6(4)11-12-10-3;7-5-3-4(8)1-2-6(5)9;3*1-3-4-2;;;;;/h16,20-24H,8-15,17-18H2,1-7H3;;2-3H;3*1,3-4H2,2H3;;;;;/q;2*-1;;;;2*+2;;2*-1. The van der Waals surface area contributed by atoms with Crippen LogP contribution in [0.25, 0.3) is 20.8 Å². The first-order chi connectivity index (χ1) is 31.9. The zero-order valence-corrected chi connectivity index (χ0v) is 51.7.